The molecule has 0 bridgehead atoms. The van der Waals surface area contributed by atoms with Gasteiger partial charge in [-0.2, -0.15) is 0 Å². The number of amides is 1. The van der Waals surface area contributed by atoms with E-state index in [2.05, 4.69) is 5.32 Å². The molecule has 112 valence electrons. The van der Waals surface area contributed by atoms with Gasteiger partial charge in [0.2, 0.25) is 0 Å². The zero-order valence-corrected chi connectivity index (χ0v) is 13.0. The first-order valence-electron chi connectivity index (χ1n) is 6.72. The molecule has 6 heteroatoms. The molecule has 0 unspecified atom stereocenters. The van der Waals surface area contributed by atoms with Crippen molar-refractivity contribution in [1.29, 1.82) is 0 Å². The minimum atomic E-state index is -0.409. The van der Waals surface area contributed by atoms with Crippen molar-refractivity contribution >= 4 is 28.2 Å². The number of esters is 1. The molecule has 0 aliphatic rings. The Labute approximate surface area is 126 Å². The Balaban J connectivity index is 2.34. The number of furan rings is 1. The third kappa shape index (κ3) is 3.16. The van der Waals surface area contributed by atoms with Crippen molar-refractivity contribution in [3.63, 3.8) is 0 Å². The van der Waals surface area contributed by atoms with E-state index >= 15 is 0 Å². The second-order valence-electron chi connectivity index (χ2n) is 4.35. The summed E-state index contributed by atoms with van der Waals surface area (Å²) in [4.78, 5) is 25.2. The highest BCUT2D eigenvalue weighted by Gasteiger charge is 2.24. The van der Waals surface area contributed by atoms with Gasteiger partial charge in [0.05, 0.1) is 18.4 Å². The van der Waals surface area contributed by atoms with Crippen LogP contribution in [0.15, 0.2) is 22.8 Å². The van der Waals surface area contributed by atoms with E-state index in [0.717, 1.165) is 10.4 Å². The minimum Gasteiger partial charge on any atom is -0.462 e. The molecule has 2 aromatic heterocycles. The highest BCUT2D eigenvalue weighted by molar-refractivity contribution is 7.16. The third-order valence-corrected chi connectivity index (χ3v) is 4.08. The summed E-state index contributed by atoms with van der Waals surface area (Å²) in [6.45, 7) is 5.94. The average Bonchev–Trinajstić information content (AvgIpc) is 3.06. The maximum absolute atomic E-state index is 12.1. The Hall–Kier alpha value is -2.08. The number of rotatable bonds is 5. The molecule has 0 radical (unpaired) electrons. The fraction of sp³-hybridized carbons (Fsp3) is 0.333. The van der Waals surface area contributed by atoms with Crippen molar-refractivity contribution in [3.8, 4) is 0 Å². The standard InChI is InChI=1S/C15H17NO4S/c1-4-10-9(3)21-14(12(10)15(18)19-5-2)16-13(17)11-7-6-8-20-11/h6-8H,4-5H2,1-3H3,(H,16,17). The monoisotopic (exact) mass is 307 g/mol. The van der Waals surface area contributed by atoms with Crippen molar-refractivity contribution < 1.29 is 18.7 Å². The lowest BCUT2D eigenvalue weighted by molar-refractivity contribution is 0.0527. The van der Waals surface area contributed by atoms with Crippen LogP contribution in [0.1, 0.15) is 45.2 Å². The van der Waals surface area contributed by atoms with Crippen LogP contribution in [0.5, 0.6) is 0 Å². The van der Waals surface area contributed by atoms with Crippen LogP contribution >= 0.6 is 11.3 Å². The van der Waals surface area contributed by atoms with Gasteiger partial charge >= 0.3 is 5.97 Å². The summed E-state index contributed by atoms with van der Waals surface area (Å²) >= 11 is 1.37. The summed E-state index contributed by atoms with van der Waals surface area (Å²) in [6, 6.07) is 3.21. The minimum absolute atomic E-state index is 0.203. The Morgan fingerprint density at radius 2 is 2.14 bits per heavy atom. The first-order valence-corrected chi connectivity index (χ1v) is 7.54. The van der Waals surface area contributed by atoms with Crippen molar-refractivity contribution in [3.05, 3.63) is 40.2 Å². The van der Waals surface area contributed by atoms with Crippen molar-refractivity contribution in [2.24, 2.45) is 0 Å². The highest BCUT2D eigenvalue weighted by Crippen LogP contribution is 2.34. The van der Waals surface area contributed by atoms with Gasteiger partial charge in [0.15, 0.2) is 5.76 Å². The van der Waals surface area contributed by atoms with Crippen LogP contribution in [0.4, 0.5) is 5.00 Å². The summed E-state index contributed by atoms with van der Waals surface area (Å²) in [5.74, 6) is -0.586. The molecule has 21 heavy (non-hydrogen) atoms. The molecule has 0 aliphatic carbocycles. The topological polar surface area (TPSA) is 68.5 Å². The second-order valence-corrected chi connectivity index (χ2v) is 5.57. The zero-order chi connectivity index (χ0) is 15.4. The van der Waals surface area contributed by atoms with Gasteiger partial charge in [-0.3, -0.25) is 4.79 Å². The van der Waals surface area contributed by atoms with Gasteiger partial charge in [-0.15, -0.1) is 11.3 Å². The van der Waals surface area contributed by atoms with Gasteiger partial charge in [0.25, 0.3) is 5.91 Å². The number of anilines is 1. The molecular weight excluding hydrogens is 290 g/mol. The molecule has 0 fully saturated rings. The number of hydrogen-bond acceptors (Lipinski definition) is 5. The average molecular weight is 307 g/mol. The fourth-order valence-corrected chi connectivity index (χ4v) is 3.21. The van der Waals surface area contributed by atoms with E-state index in [1.54, 1.807) is 19.1 Å². The molecule has 0 saturated heterocycles. The van der Waals surface area contributed by atoms with E-state index in [9.17, 15) is 9.59 Å². The molecule has 5 nitrogen and oxygen atoms in total. The predicted molar refractivity (Wildman–Crippen MR) is 81.1 cm³/mol. The third-order valence-electron chi connectivity index (χ3n) is 3.01. The lowest BCUT2D eigenvalue weighted by atomic mass is 10.1. The SMILES string of the molecule is CCOC(=O)c1c(NC(=O)c2ccco2)sc(C)c1CC. The number of thiophene rings is 1. The Morgan fingerprint density at radius 3 is 2.71 bits per heavy atom. The van der Waals surface area contributed by atoms with Gasteiger partial charge in [-0.05, 0) is 38.0 Å². The maximum Gasteiger partial charge on any atom is 0.341 e. The Kier molecular flexibility index (Phi) is 4.80. The highest BCUT2D eigenvalue weighted by atomic mass is 32.1. The molecule has 1 amide bonds. The van der Waals surface area contributed by atoms with Crippen molar-refractivity contribution in [2.75, 3.05) is 11.9 Å². The molecule has 0 atom stereocenters. The van der Waals surface area contributed by atoms with Crippen LogP contribution in [-0.2, 0) is 11.2 Å². The number of ether oxygens (including phenoxy) is 1. The quantitative estimate of drug-likeness (QED) is 0.856. The predicted octanol–water partition coefficient (Wildman–Crippen LogP) is 3.64. The zero-order valence-electron chi connectivity index (χ0n) is 12.2. The molecule has 0 aliphatic heterocycles. The van der Waals surface area contributed by atoms with Crippen molar-refractivity contribution in [1.82, 2.24) is 0 Å². The summed E-state index contributed by atoms with van der Waals surface area (Å²) in [5, 5.41) is 3.24. The van der Waals surface area contributed by atoms with E-state index in [4.69, 9.17) is 9.15 Å². The summed E-state index contributed by atoms with van der Waals surface area (Å²) in [7, 11) is 0. The van der Waals surface area contributed by atoms with Gasteiger partial charge in [-0.1, -0.05) is 6.92 Å². The maximum atomic E-state index is 12.1. The molecule has 2 heterocycles. The van der Waals surface area contributed by atoms with E-state index in [0.29, 0.717) is 23.6 Å². The van der Waals surface area contributed by atoms with Gasteiger partial charge < -0.3 is 14.5 Å². The Morgan fingerprint density at radius 1 is 1.38 bits per heavy atom. The van der Waals surface area contributed by atoms with E-state index < -0.39 is 5.97 Å². The number of aryl methyl sites for hydroxylation is 1. The molecule has 0 saturated carbocycles. The summed E-state index contributed by atoms with van der Waals surface area (Å²) in [6.07, 6.45) is 2.13. The molecule has 2 rings (SSSR count). The van der Waals surface area contributed by atoms with Gasteiger partial charge in [-0.25, -0.2) is 4.79 Å². The molecule has 0 aromatic carbocycles. The fourth-order valence-electron chi connectivity index (χ4n) is 2.08. The normalized spacial score (nSPS) is 10.4. The van der Waals surface area contributed by atoms with E-state index in [-0.39, 0.29) is 11.7 Å². The van der Waals surface area contributed by atoms with Crippen molar-refractivity contribution in [2.45, 2.75) is 27.2 Å². The number of carbonyl (C=O) groups is 2. The van der Waals surface area contributed by atoms with E-state index in [1.165, 1.54) is 17.6 Å². The largest absolute Gasteiger partial charge is 0.462 e. The molecule has 1 N–H and O–H groups in total. The summed E-state index contributed by atoms with van der Waals surface area (Å²) in [5.41, 5.74) is 1.36. The van der Waals surface area contributed by atoms with Crippen LogP contribution in [0.2, 0.25) is 0 Å². The smallest absolute Gasteiger partial charge is 0.341 e. The molecule has 2 aromatic rings. The number of hydrogen-bond donors (Lipinski definition) is 1. The van der Waals surface area contributed by atoms with E-state index in [1.807, 2.05) is 13.8 Å². The lowest BCUT2D eigenvalue weighted by Crippen LogP contribution is -2.14. The second kappa shape index (κ2) is 6.58. The molecular formula is C15H17NO4S. The first-order chi connectivity index (χ1) is 10.1. The lowest BCUT2D eigenvalue weighted by Gasteiger charge is -2.07. The van der Waals surface area contributed by atoms with Crippen LogP contribution < -0.4 is 5.32 Å². The molecule has 0 spiro atoms. The van der Waals surface area contributed by atoms with Crippen LogP contribution in [0.3, 0.4) is 0 Å². The Bertz CT molecular complexity index is 643. The summed E-state index contributed by atoms with van der Waals surface area (Å²) < 4.78 is 10.1. The number of nitrogens with one attached hydrogen (secondary N) is 1. The van der Waals surface area contributed by atoms with Crippen LogP contribution in [-0.4, -0.2) is 18.5 Å². The van der Waals surface area contributed by atoms with Gasteiger partial charge in [0.1, 0.15) is 5.00 Å². The van der Waals surface area contributed by atoms with Crippen LogP contribution in [0.25, 0.3) is 0 Å². The van der Waals surface area contributed by atoms with Gasteiger partial charge in [0, 0.05) is 4.88 Å². The number of carbonyl (C=O) groups excluding carboxylic acids is 2. The first kappa shape index (κ1) is 15.3. The van der Waals surface area contributed by atoms with Crippen LogP contribution in [0, 0.1) is 6.92 Å².